The summed E-state index contributed by atoms with van der Waals surface area (Å²) < 4.78 is 24.2. The van der Waals surface area contributed by atoms with E-state index in [9.17, 15) is 4.39 Å². The molecule has 2 fully saturated rings. The lowest BCUT2D eigenvalue weighted by atomic mass is 9.90. The summed E-state index contributed by atoms with van der Waals surface area (Å²) in [5.41, 5.74) is 1.55. The third kappa shape index (κ3) is 3.00. The molecular formula is C18H23FN2O2. The molecule has 1 aromatic carbocycles. The molecule has 4 rings (SSSR count). The van der Waals surface area contributed by atoms with Gasteiger partial charge in [0, 0.05) is 30.5 Å². The molecule has 0 saturated carbocycles. The predicted octanol–water partition coefficient (Wildman–Crippen LogP) is 3.57. The van der Waals surface area contributed by atoms with E-state index in [-0.39, 0.29) is 5.82 Å². The smallest absolute Gasteiger partial charge is 0.170 e. The molecule has 0 amide bonds. The van der Waals surface area contributed by atoms with Crippen LogP contribution in [0.25, 0.3) is 11.0 Å². The van der Waals surface area contributed by atoms with Crippen molar-refractivity contribution in [3.63, 3.8) is 0 Å². The van der Waals surface area contributed by atoms with Crippen molar-refractivity contribution in [2.24, 2.45) is 5.92 Å². The van der Waals surface area contributed by atoms with Crippen molar-refractivity contribution in [3.05, 3.63) is 29.7 Å². The third-order valence-corrected chi connectivity index (χ3v) is 5.46. The summed E-state index contributed by atoms with van der Waals surface area (Å²) in [5, 5.41) is 5.18. The minimum atomic E-state index is -0.275. The Labute approximate surface area is 135 Å². The van der Waals surface area contributed by atoms with Crippen molar-refractivity contribution in [1.82, 2.24) is 10.1 Å². The molecule has 23 heavy (non-hydrogen) atoms. The van der Waals surface area contributed by atoms with Gasteiger partial charge in [-0.2, -0.15) is 0 Å². The first kappa shape index (κ1) is 15.1. The van der Waals surface area contributed by atoms with Crippen LogP contribution in [-0.4, -0.2) is 42.4 Å². The van der Waals surface area contributed by atoms with E-state index in [4.69, 9.17) is 9.26 Å². The predicted molar refractivity (Wildman–Crippen MR) is 85.9 cm³/mol. The second kappa shape index (κ2) is 6.21. The molecule has 2 aliphatic heterocycles. The van der Waals surface area contributed by atoms with E-state index in [0.29, 0.717) is 23.5 Å². The van der Waals surface area contributed by atoms with Gasteiger partial charge in [-0.3, -0.25) is 0 Å². The molecule has 1 aromatic heterocycles. The average Bonchev–Trinajstić information content (AvgIpc) is 3.14. The molecule has 2 saturated heterocycles. The van der Waals surface area contributed by atoms with Gasteiger partial charge >= 0.3 is 0 Å². The number of nitrogens with zero attached hydrogens (tertiary/aromatic N) is 2. The van der Waals surface area contributed by atoms with Gasteiger partial charge in [0.2, 0.25) is 0 Å². The molecule has 0 spiro atoms. The summed E-state index contributed by atoms with van der Waals surface area (Å²) >= 11 is 0. The lowest BCUT2D eigenvalue weighted by Crippen LogP contribution is -2.38. The van der Waals surface area contributed by atoms with Gasteiger partial charge in [-0.25, -0.2) is 4.39 Å². The normalized spacial score (nSPS) is 27.0. The van der Waals surface area contributed by atoms with Crippen molar-refractivity contribution in [1.29, 1.82) is 0 Å². The summed E-state index contributed by atoms with van der Waals surface area (Å²) in [5.74, 6) is 0.806. The first-order valence-electron chi connectivity index (χ1n) is 8.59. The fraction of sp³-hybridized carbons (Fsp3) is 0.611. The highest BCUT2D eigenvalue weighted by Gasteiger charge is 2.30. The number of benzene rings is 1. The minimum absolute atomic E-state index is 0.275. The van der Waals surface area contributed by atoms with Gasteiger partial charge in [-0.15, -0.1) is 0 Å². The molecule has 0 aliphatic carbocycles. The molecule has 5 heteroatoms. The Morgan fingerprint density at radius 1 is 1.26 bits per heavy atom. The first-order chi connectivity index (χ1) is 11.2. The molecule has 0 radical (unpaired) electrons. The van der Waals surface area contributed by atoms with Gasteiger partial charge < -0.3 is 14.2 Å². The Hall–Kier alpha value is -1.46. The van der Waals surface area contributed by atoms with Gasteiger partial charge in [-0.05, 0) is 57.3 Å². The van der Waals surface area contributed by atoms with Crippen LogP contribution in [0.3, 0.4) is 0 Å². The van der Waals surface area contributed by atoms with E-state index in [1.165, 1.54) is 18.6 Å². The van der Waals surface area contributed by atoms with Crippen LogP contribution in [0.2, 0.25) is 0 Å². The lowest BCUT2D eigenvalue weighted by Gasteiger charge is -2.33. The van der Waals surface area contributed by atoms with Gasteiger partial charge in [0.1, 0.15) is 5.82 Å². The van der Waals surface area contributed by atoms with Crippen molar-refractivity contribution < 1.29 is 13.7 Å². The van der Waals surface area contributed by atoms with Gasteiger partial charge in [0.05, 0.1) is 11.8 Å². The van der Waals surface area contributed by atoms with Crippen LogP contribution in [0.4, 0.5) is 4.39 Å². The maximum absolute atomic E-state index is 13.3. The van der Waals surface area contributed by atoms with E-state index < -0.39 is 0 Å². The Morgan fingerprint density at radius 2 is 2.09 bits per heavy atom. The molecular weight excluding hydrogens is 295 g/mol. The molecule has 2 aliphatic rings. The van der Waals surface area contributed by atoms with Crippen molar-refractivity contribution in [3.8, 4) is 0 Å². The Bertz CT molecular complexity index is 679. The van der Waals surface area contributed by atoms with Crippen molar-refractivity contribution in [2.45, 2.75) is 38.2 Å². The minimum Gasteiger partial charge on any atom is -0.378 e. The summed E-state index contributed by atoms with van der Waals surface area (Å²) in [6, 6.07) is 4.70. The van der Waals surface area contributed by atoms with Crippen molar-refractivity contribution >= 4 is 11.0 Å². The zero-order chi connectivity index (χ0) is 15.8. The zero-order valence-electron chi connectivity index (χ0n) is 13.5. The lowest BCUT2D eigenvalue weighted by molar-refractivity contribution is 0.0872. The molecule has 124 valence electrons. The Kier molecular flexibility index (Phi) is 4.07. The number of ether oxygens (including phenoxy) is 1. The second-order valence-electron chi connectivity index (χ2n) is 6.91. The van der Waals surface area contributed by atoms with E-state index in [0.717, 1.165) is 50.2 Å². The number of piperidine rings is 1. The van der Waals surface area contributed by atoms with Gasteiger partial charge in [-0.1, -0.05) is 5.16 Å². The summed E-state index contributed by atoms with van der Waals surface area (Å²) in [6.45, 7) is 6.40. The molecule has 2 atom stereocenters. The van der Waals surface area contributed by atoms with Gasteiger partial charge in [0.25, 0.3) is 0 Å². The zero-order valence-corrected chi connectivity index (χ0v) is 13.5. The maximum Gasteiger partial charge on any atom is 0.170 e. The van der Waals surface area contributed by atoms with Crippen LogP contribution in [0, 0.1) is 11.7 Å². The number of aromatic nitrogens is 1. The SMILES string of the molecule is CC1OCCC1CN1CCC(c2noc3cc(F)ccc23)CC1. The van der Waals surface area contributed by atoms with Crippen LogP contribution in [0.15, 0.2) is 22.7 Å². The first-order valence-corrected chi connectivity index (χ1v) is 8.59. The van der Waals surface area contributed by atoms with Crippen LogP contribution >= 0.6 is 0 Å². The standard InChI is InChI=1S/C18H23FN2O2/c1-12-14(6-9-22-12)11-21-7-4-13(5-8-21)18-16-3-2-15(19)10-17(16)23-20-18/h2-3,10,12-14H,4-9,11H2,1H3. The van der Waals surface area contributed by atoms with Gasteiger partial charge in [0.15, 0.2) is 5.58 Å². The molecule has 2 aromatic rings. The Morgan fingerprint density at radius 3 is 2.83 bits per heavy atom. The number of hydrogen-bond acceptors (Lipinski definition) is 4. The topological polar surface area (TPSA) is 38.5 Å². The maximum atomic E-state index is 13.3. The number of halogens is 1. The molecule has 3 heterocycles. The number of likely N-dealkylation sites (tertiary alicyclic amines) is 1. The van der Waals surface area contributed by atoms with E-state index in [2.05, 4.69) is 17.0 Å². The van der Waals surface area contributed by atoms with Crippen LogP contribution in [-0.2, 0) is 4.74 Å². The molecule has 4 nitrogen and oxygen atoms in total. The van der Waals surface area contributed by atoms with Crippen LogP contribution in [0.1, 0.15) is 37.8 Å². The summed E-state index contributed by atoms with van der Waals surface area (Å²) in [4.78, 5) is 2.55. The summed E-state index contributed by atoms with van der Waals surface area (Å²) in [6.07, 6.45) is 3.74. The second-order valence-corrected chi connectivity index (χ2v) is 6.91. The number of rotatable bonds is 3. The largest absolute Gasteiger partial charge is 0.378 e. The molecule has 0 bridgehead atoms. The fourth-order valence-electron chi connectivity index (χ4n) is 3.96. The van der Waals surface area contributed by atoms with Crippen LogP contribution < -0.4 is 0 Å². The van der Waals surface area contributed by atoms with E-state index >= 15 is 0 Å². The highest BCUT2D eigenvalue weighted by Crippen LogP contribution is 2.33. The van der Waals surface area contributed by atoms with E-state index in [1.54, 1.807) is 6.07 Å². The highest BCUT2D eigenvalue weighted by molar-refractivity contribution is 5.79. The van der Waals surface area contributed by atoms with Crippen LogP contribution in [0.5, 0.6) is 0 Å². The number of fused-ring (bicyclic) bond motifs is 1. The average molecular weight is 318 g/mol. The quantitative estimate of drug-likeness (QED) is 0.867. The third-order valence-electron chi connectivity index (χ3n) is 5.46. The number of hydrogen-bond donors (Lipinski definition) is 0. The fourth-order valence-corrected chi connectivity index (χ4v) is 3.96. The summed E-state index contributed by atoms with van der Waals surface area (Å²) in [7, 11) is 0. The monoisotopic (exact) mass is 318 g/mol. The van der Waals surface area contributed by atoms with Crippen molar-refractivity contribution in [2.75, 3.05) is 26.2 Å². The van der Waals surface area contributed by atoms with E-state index in [1.807, 2.05) is 0 Å². The highest BCUT2D eigenvalue weighted by atomic mass is 19.1. The molecule has 2 unspecified atom stereocenters. The molecule has 0 N–H and O–H groups in total. The Balaban J connectivity index is 1.40.